The number of phosphoric ester groups is 1. The molecule has 0 radical (unpaired) electrons. The molecule has 83 heavy (non-hydrogen) atoms. The lowest BCUT2D eigenvalue weighted by atomic mass is 10.0. The Bertz CT molecular complexity index is 1450. The molecule has 0 bridgehead atoms. The Balaban J connectivity index is 3.76. The molecular weight excluding hydrogens is 1050 g/mol. The monoisotopic (exact) mass is 1190 g/mol. The largest absolute Gasteiger partial charge is 0.472 e. The van der Waals surface area contributed by atoms with Crippen LogP contribution >= 0.6 is 7.82 Å². The maximum Gasteiger partial charge on any atom is 0.472 e. The van der Waals surface area contributed by atoms with Gasteiger partial charge >= 0.3 is 19.8 Å². The third kappa shape index (κ3) is 69.2. The van der Waals surface area contributed by atoms with Crippen molar-refractivity contribution < 1.29 is 37.6 Å². The number of carbonyl (C=O) groups is 2. The molecule has 0 fully saturated rings. The lowest BCUT2D eigenvalue weighted by molar-refractivity contribution is -0.161. The Morgan fingerprint density at radius 2 is 0.627 bits per heavy atom. The van der Waals surface area contributed by atoms with Crippen LogP contribution in [0.3, 0.4) is 0 Å². The van der Waals surface area contributed by atoms with Gasteiger partial charge in [0.15, 0.2) is 6.10 Å². The Kier molecular flexibility index (Phi) is 67.9. The average Bonchev–Trinajstić information content (AvgIpc) is 3.48. The standard InChI is InChI=1S/C73H140NO8P/c1-3-5-7-9-11-13-15-17-19-21-23-25-27-28-29-30-31-32-33-34-35-36-37-38-39-40-41-42-44-45-47-49-51-53-55-57-59-61-63-65-72(75)79-69-71(70-81-83(77,78)80-68-67-74)82-73(76)66-64-62-60-58-56-54-52-50-48-46-43-26-24-22-20-18-16-14-12-10-8-6-4-2/h16,18,22,24,43,46,71H,3-15,17,19-21,23,25-42,44-45,47-70,74H2,1-2H3,(H,77,78)/b18-16-,24-22-,46-43-. The smallest absolute Gasteiger partial charge is 0.462 e. The molecule has 0 aromatic carbocycles. The van der Waals surface area contributed by atoms with Crippen LogP contribution in [0.2, 0.25) is 0 Å². The Morgan fingerprint density at radius 3 is 0.928 bits per heavy atom. The molecule has 3 N–H and O–H groups in total. The van der Waals surface area contributed by atoms with Gasteiger partial charge in [-0.1, -0.05) is 359 Å². The molecule has 0 aliphatic rings. The Hall–Kier alpha value is -1.77. The minimum absolute atomic E-state index is 0.0532. The molecule has 0 amide bonds. The van der Waals surface area contributed by atoms with E-state index in [0.717, 1.165) is 57.8 Å². The van der Waals surface area contributed by atoms with Gasteiger partial charge in [0.1, 0.15) is 6.61 Å². The summed E-state index contributed by atoms with van der Waals surface area (Å²) in [5.41, 5.74) is 5.40. The van der Waals surface area contributed by atoms with E-state index in [1.807, 2.05) is 0 Å². The number of esters is 2. The second-order valence-corrected chi connectivity index (χ2v) is 26.3. The molecule has 9 nitrogen and oxygen atoms in total. The van der Waals surface area contributed by atoms with E-state index in [0.29, 0.717) is 6.42 Å². The van der Waals surface area contributed by atoms with Crippen LogP contribution in [0.1, 0.15) is 386 Å². The van der Waals surface area contributed by atoms with Gasteiger partial charge in [0.25, 0.3) is 0 Å². The number of unbranched alkanes of at least 4 members (excludes halogenated alkanes) is 51. The summed E-state index contributed by atoms with van der Waals surface area (Å²) in [5.74, 6) is -0.817. The fourth-order valence-electron chi connectivity index (χ4n) is 11.1. The lowest BCUT2D eigenvalue weighted by Crippen LogP contribution is -2.29. The molecule has 0 rings (SSSR count). The molecule has 0 saturated heterocycles. The molecule has 0 aliphatic carbocycles. The number of carbonyl (C=O) groups excluding carboxylic acids is 2. The van der Waals surface area contributed by atoms with Gasteiger partial charge in [0.2, 0.25) is 0 Å². The van der Waals surface area contributed by atoms with Gasteiger partial charge in [-0.25, -0.2) is 4.57 Å². The van der Waals surface area contributed by atoms with Gasteiger partial charge in [-0.15, -0.1) is 0 Å². The van der Waals surface area contributed by atoms with E-state index in [4.69, 9.17) is 24.3 Å². The second kappa shape index (κ2) is 69.3. The number of rotatable bonds is 70. The molecule has 490 valence electrons. The van der Waals surface area contributed by atoms with Crippen molar-refractivity contribution in [1.29, 1.82) is 0 Å². The van der Waals surface area contributed by atoms with E-state index < -0.39 is 26.5 Å². The molecule has 10 heteroatoms. The third-order valence-electron chi connectivity index (χ3n) is 16.5. The van der Waals surface area contributed by atoms with Crippen molar-refractivity contribution >= 4 is 19.8 Å². The first kappa shape index (κ1) is 81.2. The third-order valence-corrected chi connectivity index (χ3v) is 17.5. The minimum atomic E-state index is -4.39. The van der Waals surface area contributed by atoms with Gasteiger partial charge in [0, 0.05) is 19.4 Å². The Labute approximate surface area is 515 Å². The summed E-state index contributed by atoms with van der Waals surface area (Å²) < 4.78 is 33.2. The van der Waals surface area contributed by atoms with Crippen LogP contribution in [0, 0.1) is 0 Å². The summed E-state index contributed by atoms with van der Waals surface area (Å²) in [6, 6.07) is 0. The predicted octanol–water partition coefficient (Wildman–Crippen LogP) is 23.9. The van der Waals surface area contributed by atoms with E-state index >= 15 is 0 Å². The fourth-order valence-corrected chi connectivity index (χ4v) is 11.9. The summed E-state index contributed by atoms with van der Waals surface area (Å²) in [6.45, 7) is 3.79. The van der Waals surface area contributed by atoms with Crippen LogP contribution in [0.5, 0.6) is 0 Å². The highest BCUT2D eigenvalue weighted by atomic mass is 31.2. The molecule has 0 aromatic rings. The molecular formula is C73H140NO8P. The molecule has 0 heterocycles. The van der Waals surface area contributed by atoms with Crippen LogP contribution in [0.25, 0.3) is 0 Å². The van der Waals surface area contributed by atoms with E-state index in [1.54, 1.807) is 0 Å². The van der Waals surface area contributed by atoms with Crippen LogP contribution in [-0.2, 0) is 32.7 Å². The fraction of sp³-hybridized carbons (Fsp3) is 0.890. The maximum absolute atomic E-state index is 12.7. The SMILES string of the molecule is CCCCCCC/C=C\C/C=C\C/C=C\CCCCCCCCCCC(=O)OC(COC(=O)CCCCCCCCCCCCCCCCCCCCCCCCCCCCCCCCCCCCCCCCC)COP(=O)(O)OCCN. The number of allylic oxidation sites excluding steroid dienone is 6. The number of nitrogens with two attached hydrogens (primary N) is 1. The maximum atomic E-state index is 12.7. The Morgan fingerprint density at radius 1 is 0.361 bits per heavy atom. The summed E-state index contributed by atoms with van der Waals surface area (Å²) in [6.07, 6.45) is 87.0. The minimum Gasteiger partial charge on any atom is -0.462 e. The zero-order valence-electron chi connectivity index (χ0n) is 55.2. The van der Waals surface area contributed by atoms with E-state index in [2.05, 4.69) is 50.3 Å². The normalized spacial score (nSPS) is 13.1. The summed E-state index contributed by atoms with van der Waals surface area (Å²) in [4.78, 5) is 35.3. The topological polar surface area (TPSA) is 134 Å². The van der Waals surface area contributed by atoms with Gasteiger partial charge in [0.05, 0.1) is 13.2 Å². The van der Waals surface area contributed by atoms with Crippen molar-refractivity contribution in [3.8, 4) is 0 Å². The number of phosphoric acid groups is 1. The number of hydrogen-bond acceptors (Lipinski definition) is 8. The summed E-state index contributed by atoms with van der Waals surface area (Å²) in [7, 11) is -4.39. The summed E-state index contributed by atoms with van der Waals surface area (Å²) in [5, 5.41) is 0. The quantitative estimate of drug-likeness (QED) is 0.0264. The molecule has 2 unspecified atom stereocenters. The first-order valence-corrected chi connectivity index (χ1v) is 38.0. The zero-order chi connectivity index (χ0) is 60.1. The van der Waals surface area contributed by atoms with Crippen molar-refractivity contribution in [2.45, 2.75) is 392 Å². The number of hydrogen-bond donors (Lipinski definition) is 2. The van der Waals surface area contributed by atoms with Crippen LogP contribution in [0.4, 0.5) is 0 Å². The van der Waals surface area contributed by atoms with Crippen molar-refractivity contribution in [1.82, 2.24) is 0 Å². The van der Waals surface area contributed by atoms with Crippen LogP contribution < -0.4 is 5.73 Å². The van der Waals surface area contributed by atoms with Gasteiger partial charge in [-0.05, 0) is 51.4 Å². The summed E-state index contributed by atoms with van der Waals surface area (Å²) >= 11 is 0. The van der Waals surface area contributed by atoms with E-state index in [-0.39, 0.29) is 38.6 Å². The average molecular weight is 1190 g/mol. The van der Waals surface area contributed by atoms with Crippen LogP contribution in [0.15, 0.2) is 36.5 Å². The lowest BCUT2D eigenvalue weighted by Gasteiger charge is -2.19. The van der Waals surface area contributed by atoms with E-state index in [1.165, 1.54) is 295 Å². The number of ether oxygens (including phenoxy) is 2. The second-order valence-electron chi connectivity index (χ2n) is 24.8. The van der Waals surface area contributed by atoms with Crippen molar-refractivity contribution in [3.63, 3.8) is 0 Å². The highest BCUT2D eigenvalue weighted by Gasteiger charge is 2.26. The van der Waals surface area contributed by atoms with Crippen LogP contribution in [-0.4, -0.2) is 49.3 Å². The van der Waals surface area contributed by atoms with Gasteiger partial charge in [-0.2, -0.15) is 0 Å². The van der Waals surface area contributed by atoms with Gasteiger partial charge < -0.3 is 20.1 Å². The molecule has 2 atom stereocenters. The molecule has 0 spiro atoms. The van der Waals surface area contributed by atoms with Crippen molar-refractivity contribution in [2.75, 3.05) is 26.4 Å². The molecule has 0 aliphatic heterocycles. The first-order valence-electron chi connectivity index (χ1n) is 36.5. The van der Waals surface area contributed by atoms with Crippen molar-refractivity contribution in [3.05, 3.63) is 36.5 Å². The first-order chi connectivity index (χ1) is 40.8. The zero-order valence-corrected chi connectivity index (χ0v) is 56.1. The van der Waals surface area contributed by atoms with E-state index in [9.17, 15) is 19.0 Å². The van der Waals surface area contributed by atoms with Gasteiger partial charge in [-0.3, -0.25) is 18.6 Å². The highest BCUT2D eigenvalue weighted by molar-refractivity contribution is 7.47. The highest BCUT2D eigenvalue weighted by Crippen LogP contribution is 2.43. The molecule has 0 aromatic heterocycles. The van der Waals surface area contributed by atoms with Crippen molar-refractivity contribution in [2.24, 2.45) is 5.73 Å². The molecule has 0 saturated carbocycles. The predicted molar refractivity (Wildman–Crippen MR) is 358 cm³/mol.